The van der Waals surface area contributed by atoms with E-state index in [4.69, 9.17) is 4.52 Å². The Bertz CT molecular complexity index is 1070. The van der Waals surface area contributed by atoms with Gasteiger partial charge in [-0.1, -0.05) is 17.3 Å². The average molecular weight is 352 g/mol. The first-order valence-electron chi connectivity index (χ1n) is 8.15. The fourth-order valence-electron chi connectivity index (χ4n) is 2.84. The van der Waals surface area contributed by atoms with Crippen molar-refractivity contribution in [3.63, 3.8) is 0 Å². The van der Waals surface area contributed by atoms with Gasteiger partial charge in [-0.2, -0.15) is 4.52 Å². The van der Waals surface area contributed by atoms with Gasteiger partial charge in [0.15, 0.2) is 11.5 Å². The van der Waals surface area contributed by atoms with Crippen molar-refractivity contribution >= 4 is 11.5 Å². The predicted octanol–water partition coefficient (Wildman–Crippen LogP) is 3.17. The van der Waals surface area contributed by atoms with Crippen LogP contribution in [0.2, 0.25) is 0 Å². The molecule has 3 aromatic heterocycles. The quantitative estimate of drug-likeness (QED) is 0.562. The lowest BCUT2D eigenvalue weighted by atomic mass is 10.2. The largest absolute Gasteiger partial charge is 0.361 e. The third-order valence-corrected chi connectivity index (χ3v) is 4.33. The Balaban J connectivity index is 1.73. The zero-order valence-electron chi connectivity index (χ0n) is 14.6. The van der Waals surface area contributed by atoms with E-state index >= 15 is 0 Å². The van der Waals surface area contributed by atoms with Crippen molar-refractivity contribution in [2.75, 3.05) is 11.9 Å². The van der Waals surface area contributed by atoms with E-state index in [1.54, 1.807) is 22.7 Å². The summed E-state index contributed by atoms with van der Waals surface area (Å²) in [4.78, 5) is 1.97. The van der Waals surface area contributed by atoms with Gasteiger partial charge in [-0.25, -0.2) is 4.39 Å². The van der Waals surface area contributed by atoms with Crippen LogP contribution in [0.15, 0.2) is 40.9 Å². The molecule has 4 aromatic rings. The zero-order valence-corrected chi connectivity index (χ0v) is 14.6. The van der Waals surface area contributed by atoms with Crippen molar-refractivity contribution in [1.29, 1.82) is 0 Å². The van der Waals surface area contributed by atoms with E-state index in [1.807, 2.05) is 37.9 Å². The van der Waals surface area contributed by atoms with Gasteiger partial charge < -0.3 is 9.42 Å². The van der Waals surface area contributed by atoms with Gasteiger partial charge in [0, 0.05) is 19.2 Å². The molecule has 26 heavy (non-hydrogen) atoms. The molecule has 4 rings (SSSR count). The number of nitrogens with zero attached hydrogens (tertiary/aromatic N) is 6. The number of rotatable bonds is 4. The van der Waals surface area contributed by atoms with Crippen molar-refractivity contribution < 1.29 is 8.91 Å². The van der Waals surface area contributed by atoms with Gasteiger partial charge in [0.1, 0.15) is 17.4 Å². The molecule has 0 fully saturated rings. The van der Waals surface area contributed by atoms with Crippen LogP contribution in [0.1, 0.15) is 17.0 Å². The van der Waals surface area contributed by atoms with Crippen LogP contribution in [0.5, 0.6) is 0 Å². The molecule has 3 heterocycles. The molecule has 8 heteroatoms. The summed E-state index contributed by atoms with van der Waals surface area (Å²) in [6.07, 6.45) is 0. The van der Waals surface area contributed by atoms with Crippen LogP contribution in [-0.2, 0) is 6.54 Å². The molecule has 0 bridgehead atoms. The lowest BCUT2D eigenvalue weighted by Crippen LogP contribution is -2.19. The van der Waals surface area contributed by atoms with Crippen LogP contribution in [-0.4, -0.2) is 32.0 Å². The van der Waals surface area contributed by atoms with Crippen molar-refractivity contribution in [2.45, 2.75) is 20.4 Å². The van der Waals surface area contributed by atoms with Crippen molar-refractivity contribution in [2.24, 2.45) is 0 Å². The van der Waals surface area contributed by atoms with Gasteiger partial charge in [-0.3, -0.25) is 0 Å². The number of aryl methyl sites for hydroxylation is 2. The molecule has 0 amide bonds. The van der Waals surface area contributed by atoms with Gasteiger partial charge in [0.2, 0.25) is 0 Å². The highest BCUT2D eigenvalue weighted by Gasteiger charge is 2.16. The van der Waals surface area contributed by atoms with Gasteiger partial charge >= 0.3 is 0 Å². The minimum Gasteiger partial charge on any atom is -0.361 e. The Labute approximate surface area is 149 Å². The Kier molecular flexibility index (Phi) is 3.87. The number of benzene rings is 1. The van der Waals surface area contributed by atoms with Gasteiger partial charge in [0.25, 0.3) is 0 Å². The third kappa shape index (κ3) is 2.69. The lowest BCUT2D eigenvalue weighted by Gasteiger charge is -2.18. The molecule has 0 saturated carbocycles. The summed E-state index contributed by atoms with van der Waals surface area (Å²) in [5.41, 5.74) is 2.79. The van der Waals surface area contributed by atoms with Crippen LogP contribution >= 0.6 is 0 Å². The second-order valence-electron chi connectivity index (χ2n) is 6.12. The molecule has 0 saturated heterocycles. The van der Waals surface area contributed by atoms with Crippen LogP contribution in [0, 0.1) is 19.7 Å². The maximum atomic E-state index is 14.1. The van der Waals surface area contributed by atoms with Crippen molar-refractivity contribution in [3.05, 3.63) is 59.2 Å². The Morgan fingerprint density at radius 3 is 2.65 bits per heavy atom. The average Bonchev–Trinajstić information content (AvgIpc) is 3.20. The summed E-state index contributed by atoms with van der Waals surface area (Å²) in [5, 5.41) is 16.8. The van der Waals surface area contributed by atoms with Crippen LogP contribution in [0.4, 0.5) is 10.2 Å². The number of fused-ring (bicyclic) bond motifs is 1. The monoisotopic (exact) mass is 352 g/mol. The standard InChI is InChI=1S/C18H17FN6O/c1-11-14(12(2)26-23-11)10-24(3)17-9-8-16-20-21-18(25(16)22-17)13-6-4-5-7-15(13)19/h4-9H,10H2,1-3H3. The highest BCUT2D eigenvalue weighted by Crippen LogP contribution is 2.23. The molecule has 0 unspecified atom stereocenters. The minimum absolute atomic E-state index is 0.359. The topological polar surface area (TPSA) is 72.4 Å². The highest BCUT2D eigenvalue weighted by molar-refractivity contribution is 5.60. The van der Waals surface area contributed by atoms with E-state index in [0.29, 0.717) is 29.4 Å². The molecule has 7 nitrogen and oxygen atoms in total. The van der Waals surface area contributed by atoms with Crippen molar-refractivity contribution in [1.82, 2.24) is 25.0 Å². The predicted molar refractivity (Wildman–Crippen MR) is 94.3 cm³/mol. The lowest BCUT2D eigenvalue weighted by molar-refractivity contribution is 0.392. The second kappa shape index (κ2) is 6.21. The molecular weight excluding hydrogens is 335 g/mol. The maximum absolute atomic E-state index is 14.1. The molecule has 0 aliphatic heterocycles. The fourth-order valence-corrected chi connectivity index (χ4v) is 2.84. The van der Waals surface area contributed by atoms with Crippen LogP contribution in [0.3, 0.4) is 0 Å². The summed E-state index contributed by atoms with van der Waals surface area (Å²) in [6, 6.07) is 10.1. The fraction of sp³-hybridized carbons (Fsp3) is 0.222. The first-order valence-corrected chi connectivity index (χ1v) is 8.15. The summed E-state index contributed by atoms with van der Waals surface area (Å²) < 4.78 is 20.9. The van der Waals surface area contributed by atoms with Gasteiger partial charge in [0.05, 0.1) is 11.3 Å². The molecule has 0 atom stereocenters. The Morgan fingerprint density at radius 1 is 1.12 bits per heavy atom. The molecule has 0 radical (unpaired) electrons. The highest BCUT2D eigenvalue weighted by atomic mass is 19.1. The normalized spacial score (nSPS) is 11.2. The minimum atomic E-state index is -0.363. The van der Waals surface area contributed by atoms with E-state index in [2.05, 4.69) is 20.5 Å². The summed E-state index contributed by atoms with van der Waals surface area (Å²) in [7, 11) is 1.92. The number of hydrogen-bond acceptors (Lipinski definition) is 6. The van der Waals surface area contributed by atoms with E-state index in [0.717, 1.165) is 17.0 Å². The van der Waals surface area contributed by atoms with E-state index in [9.17, 15) is 4.39 Å². The van der Waals surface area contributed by atoms with E-state index < -0.39 is 0 Å². The second-order valence-corrected chi connectivity index (χ2v) is 6.12. The smallest absolute Gasteiger partial charge is 0.188 e. The van der Waals surface area contributed by atoms with Gasteiger partial charge in [-0.15, -0.1) is 15.3 Å². The number of hydrogen-bond donors (Lipinski definition) is 0. The SMILES string of the molecule is Cc1noc(C)c1CN(C)c1ccc2nnc(-c3ccccc3F)n2n1. The molecule has 0 aliphatic carbocycles. The summed E-state index contributed by atoms with van der Waals surface area (Å²) >= 11 is 0. The summed E-state index contributed by atoms with van der Waals surface area (Å²) in [5.74, 6) is 1.49. The van der Waals surface area contributed by atoms with Crippen molar-refractivity contribution in [3.8, 4) is 11.4 Å². The molecule has 132 valence electrons. The molecule has 0 aliphatic rings. The Morgan fingerprint density at radius 2 is 1.92 bits per heavy atom. The third-order valence-electron chi connectivity index (χ3n) is 4.33. The summed E-state index contributed by atoms with van der Waals surface area (Å²) in [6.45, 7) is 4.39. The Hall–Kier alpha value is -3.29. The van der Waals surface area contributed by atoms with E-state index in [-0.39, 0.29) is 5.82 Å². The molecule has 0 N–H and O–H groups in total. The molecular formula is C18H17FN6O. The van der Waals surface area contributed by atoms with Gasteiger partial charge in [-0.05, 0) is 38.1 Å². The number of anilines is 1. The first kappa shape index (κ1) is 16.2. The van der Waals surface area contributed by atoms with E-state index in [1.165, 1.54) is 6.07 Å². The molecule has 0 spiro atoms. The van der Waals surface area contributed by atoms with Crippen LogP contribution < -0.4 is 4.90 Å². The maximum Gasteiger partial charge on any atom is 0.188 e. The number of aromatic nitrogens is 5. The first-order chi connectivity index (χ1) is 12.5. The zero-order chi connectivity index (χ0) is 18.3. The van der Waals surface area contributed by atoms with Crippen LogP contribution in [0.25, 0.3) is 17.0 Å². The number of halogens is 1. The molecule has 1 aromatic carbocycles.